The number of hydrogen-bond donors (Lipinski definition) is 0. The topological polar surface area (TPSA) is 34.4 Å². The van der Waals surface area contributed by atoms with Crippen LogP contribution in [0.2, 0.25) is 0 Å². The van der Waals surface area contributed by atoms with Gasteiger partial charge in [0.1, 0.15) is 17.0 Å². The molecule has 20 heavy (non-hydrogen) atoms. The SMILES string of the molecule is Cc1ccc(-c2nc3cccc(C)n3c2C=O)cc1C. The van der Waals surface area contributed by atoms with Crippen molar-refractivity contribution < 1.29 is 4.79 Å². The summed E-state index contributed by atoms with van der Waals surface area (Å²) in [6, 6.07) is 12.0. The molecule has 0 bridgehead atoms. The molecule has 0 aliphatic heterocycles. The Balaban J connectivity index is 2.33. The van der Waals surface area contributed by atoms with Crippen molar-refractivity contribution in [3.63, 3.8) is 0 Å². The van der Waals surface area contributed by atoms with Crippen LogP contribution < -0.4 is 0 Å². The third kappa shape index (κ3) is 1.83. The molecule has 0 aliphatic rings. The van der Waals surface area contributed by atoms with Crippen LogP contribution in [0.5, 0.6) is 0 Å². The summed E-state index contributed by atoms with van der Waals surface area (Å²) in [4.78, 5) is 16.1. The molecule has 1 aromatic carbocycles. The monoisotopic (exact) mass is 264 g/mol. The van der Waals surface area contributed by atoms with Crippen LogP contribution in [0.4, 0.5) is 0 Å². The fraction of sp³-hybridized carbons (Fsp3) is 0.176. The minimum Gasteiger partial charge on any atom is -0.296 e. The lowest BCUT2D eigenvalue weighted by Gasteiger charge is -2.04. The lowest BCUT2D eigenvalue weighted by molar-refractivity contribution is 0.111. The van der Waals surface area contributed by atoms with E-state index in [-0.39, 0.29) is 0 Å². The largest absolute Gasteiger partial charge is 0.296 e. The predicted molar refractivity (Wildman–Crippen MR) is 80.2 cm³/mol. The molecule has 0 N–H and O–H groups in total. The molecule has 0 saturated heterocycles. The zero-order valence-electron chi connectivity index (χ0n) is 11.8. The molecule has 3 aromatic rings. The first-order chi connectivity index (χ1) is 9.61. The van der Waals surface area contributed by atoms with E-state index in [4.69, 9.17) is 0 Å². The number of hydrogen-bond acceptors (Lipinski definition) is 2. The molecule has 0 saturated carbocycles. The van der Waals surface area contributed by atoms with Gasteiger partial charge >= 0.3 is 0 Å². The summed E-state index contributed by atoms with van der Waals surface area (Å²) in [5.74, 6) is 0. The quantitative estimate of drug-likeness (QED) is 0.661. The molecule has 100 valence electrons. The molecule has 0 unspecified atom stereocenters. The van der Waals surface area contributed by atoms with Crippen LogP contribution in [-0.2, 0) is 0 Å². The Hall–Kier alpha value is -2.42. The van der Waals surface area contributed by atoms with E-state index in [2.05, 4.69) is 31.0 Å². The fourth-order valence-corrected chi connectivity index (χ4v) is 2.49. The Bertz CT molecular complexity index is 815. The van der Waals surface area contributed by atoms with E-state index in [0.29, 0.717) is 5.69 Å². The van der Waals surface area contributed by atoms with Crippen LogP contribution in [0, 0.1) is 20.8 Å². The molecule has 2 aromatic heterocycles. The smallest absolute Gasteiger partial charge is 0.169 e. The Morgan fingerprint density at radius 3 is 2.55 bits per heavy atom. The van der Waals surface area contributed by atoms with Gasteiger partial charge in [-0.15, -0.1) is 0 Å². The van der Waals surface area contributed by atoms with Gasteiger partial charge in [-0.2, -0.15) is 0 Å². The van der Waals surface area contributed by atoms with Crippen molar-refractivity contribution >= 4 is 11.9 Å². The average molecular weight is 264 g/mol. The summed E-state index contributed by atoms with van der Waals surface area (Å²) >= 11 is 0. The number of carbonyl (C=O) groups is 1. The van der Waals surface area contributed by atoms with Crippen molar-refractivity contribution in [3.8, 4) is 11.3 Å². The Kier molecular flexibility index (Phi) is 2.90. The molecule has 2 heterocycles. The third-order valence-corrected chi connectivity index (χ3v) is 3.77. The number of aromatic nitrogens is 2. The number of carbonyl (C=O) groups excluding carboxylic acids is 1. The standard InChI is InChI=1S/C17H16N2O/c1-11-7-8-14(9-12(11)2)17-15(10-20)19-13(3)5-4-6-16(19)18-17/h4-10H,1-3H3. The Morgan fingerprint density at radius 1 is 1.05 bits per heavy atom. The second-order valence-corrected chi connectivity index (χ2v) is 5.12. The first-order valence-corrected chi connectivity index (χ1v) is 6.62. The number of aldehydes is 1. The van der Waals surface area contributed by atoms with Gasteiger partial charge in [-0.1, -0.05) is 18.2 Å². The molecular weight excluding hydrogens is 248 g/mol. The summed E-state index contributed by atoms with van der Waals surface area (Å²) in [6.07, 6.45) is 0.886. The molecule has 0 spiro atoms. The van der Waals surface area contributed by atoms with Crippen molar-refractivity contribution in [2.24, 2.45) is 0 Å². The highest BCUT2D eigenvalue weighted by molar-refractivity contribution is 5.86. The maximum atomic E-state index is 11.5. The van der Waals surface area contributed by atoms with Crippen molar-refractivity contribution in [2.45, 2.75) is 20.8 Å². The van der Waals surface area contributed by atoms with E-state index in [1.807, 2.05) is 35.6 Å². The number of rotatable bonds is 2. The van der Waals surface area contributed by atoms with Gasteiger partial charge < -0.3 is 0 Å². The maximum Gasteiger partial charge on any atom is 0.169 e. The zero-order chi connectivity index (χ0) is 14.3. The number of pyridine rings is 1. The highest BCUT2D eigenvalue weighted by Gasteiger charge is 2.14. The van der Waals surface area contributed by atoms with Gasteiger partial charge in [0.2, 0.25) is 0 Å². The van der Waals surface area contributed by atoms with Gasteiger partial charge in [-0.3, -0.25) is 9.20 Å². The Morgan fingerprint density at radius 2 is 1.85 bits per heavy atom. The van der Waals surface area contributed by atoms with E-state index >= 15 is 0 Å². The van der Waals surface area contributed by atoms with Crippen LogP contribution in [0.15, 0.2) is 36.4 Å². The molecule has 0 aliphatic carbocycles. The summed E-state index contributed by atoms with van der Waals surface area (Å²) in [5.41, 5.74) is 6.60. The molecule has 0 fully saturated rings. The summed E-state index contributed by atoms with van der Waals surface area (Å²) in [6.45, 7) is 6.12. The number of fused-ring (bicyclic) bond motifs is 1. The Labute approximate surface area is 117 Å². The van der Waals surface area contributed by atoms with Gasteiger partial charge in [0.05, 0.1) is 0 Å². The lowest BCUT2D eigenvalue weighted by atomic mass is 10.0. The van der Waals surface area contributed by atoms with Crippen LogP contribution in [0.3, 0.4) is 0 Å². The van der Waals surface area contributed by atoms with Gasteiger partial charge in [-0.25, -0.2) is 4.98 Å². The molecule has 0 radical (unpaired) electrons. The number of nitrogens with zero attached hydrogens (tertiary/aromatic N) is 2. The maximum absolute atomic E-state index is 11.5. The second-order valence-electron chi connectivity index (χ2n) is 5.12. The number of benzene rings is 1. The predicted octanol–water partition coefficient (Wildman–Crippen LogP) is 3.74. The normalized spacial score (nSPS) is 10.9. The highest BCUT2D eigenvalue weighted by atomic mass is 16.1. The molecule has 3 rings (SSSR count). The first kappa shape index (κ1) is 12.6. The number of imidazole rings is 1. The van der Waals surface area contributed by atoms with Gasteiger partial charge in [-0.05, 0) is 50.1 Å². The van der Waals surface area contributed by atoms with Gasteiger partial charge in [0, 0.05) is 11.3 Å². The molecule has 0 atom stereocenters. The van der Waals surface area contributed by atoms with E-state index < -0.39 is 0 Å². The van der Waals surface area contributed by atoms with Crippen molar-refractivity contribution in [1.82, 2.24) is 9.38 Å². The molecule has 0 amide bonds. The van der Waals surface area contributed by atoms with Crippen molar-refractivity contribution in [2.75, 3.05) is 0 Å². The van der Waals surface area contributed by atoms with Crippen LogP contribution in [0.25, 0.3) is 16.9 Å². The van der Waals surface area contributed by atoms with Crippen molar-refractivity contribution in [1.29, 1.82) is 0 Å². The zero-order valence-corrected chi connectivity index (χ0v) is 11.8. The highest BCUT2D eigenvalue weighted by Crippen LogP contribution is 2.26. The average Bonchev–Trinajstić information content (AvgIpc) is 2.82. The first-order valence-electron chi connectivity index (χ1n) is 6.62. The third-order valence-electron chi connectivity index (χ3n) is 3.77. The second kappa shape index (κ2) is 4.60. The lowest BCUT2D eigenvalue weighted by Crippen LogP contribution is -1.96. The van der Waals surface area contributed by atoms with Gasteiger partial charge in [0.15, 0.2) is 6.29 Å². The molecule has 3 nitrogen and oxygen atoms in total. The van der Waals surface area contributed by atoms with Gasteiger partial charge in [0.25, 0.3) is 0 Å². The summed E-state index contributed by atoms with van der Waals surface area (Å²) in [7, 11) is 0. The summed E-state index contributed by atoms with van der Waals surface area (Å²) in [5, 5.41) is 0. The van der Waals surface area contributed by atoms with Crippen LogP contribution in [0.1, 0.15) is 27.3 Å². The van der Waals surface area contributed by atoms with E-state index in [0.717, 1.165) is 28.9 Å². The van der Waals surface area contributed by atoms with Crippen molar-refractivity contribution in [3.05, 3.63) is 58.9 Å². The van der Waals surface area contributed by atoms with E-state index in [1.54, 1.807) is 0 Å². The van der Waals surface area contributed by atoms with E-state index in [9.17, 15) is 4.79 Å². The summed E-state index contributed by atoms with van der Waals surface area (Å²) < 4.78 is 1.90. The minimum atomic E-state index is 0.612. The fourth-order valence-electron chi connectivity index (χ4n) is 2.49. The number of aryl methyl sites for hydroxylation is 3. The van der Waals surface area contributed by atoms with E-state index in [1.165, 1.54) is 11.1 Å². The molecule has 3 heteroatoms. The molecular formula is C17H16N2O. The minimum absolute atomic E-state index is 0.612. The van der Waals surface area contributed by atoms with Crippen LogP contribution in [-0.4, -0.2) is 15.7 Å². The van der Waals surface area contributed by atoms with Crippen LogP contribution >= 0.6 is 0 Å².